The van der Waals surface area contributed by atoms with Crippen molar-refractivity contribution in [3.8, 4) is 0 Å². The number of nitro groups is 2. The first-order valence-electron chi connectivity index (χ1n) is 9.52. The molecule has 1 aliphatic rings. The maximum absolute atomic E-state index is 13.3. The van der Waals surface area contributed by atoms with Gasteiger partial charge in [0, 0.05) is 43.0 Å². The number of carbonyl (C=O) groups excluding carboxylic acids is 2. The van der Waals surface area contributed by atoms with Crippen LogP contribution in [0.25, 0.3) is 0 Å². The molecule has 11 heteroatoms. The van der Waals surface area contributed by atoms with Crippen LogP contribution in [0.15, 0.2) is 42.5 Å². The van der Waals surface area contributed by atoms with E-state index in [2.05, 4.69) is 0 Å². The zero-order valence-corrected chi connectivity index (χ0v) is 16.9. The molecule has 0 aliphatic carbocycles. The second-order valence-corrected chi connectivity index (χ2v) is 6.81. The van der Waals surface area contributed by atoms with E-state index in [1.165, 1.54) is 54.3 Å². The molecule has 0 fully saturated rings. The summed E-state index contributed by atoms with van der Waals surface area (Å²) in [5.41, 5.74) is 0.681. The summed E-state index contributed by atoms with van der Waals surface area (Å²) >= 11 is 0. The quantitative estimate of drug-likeness (QED) is 0.389. The van der Waals surface area contributed by atoms with Crippen LogP contribution in [-0.2, 0) is 9.53 Å². The van der Waals surface area contributed by atoms with Crippen LogP contribution >= 0.6 is 0 Å². The summed E-state index contributed by atoms with van der Waals surface area (Å²) in [6.07, 6.45) is 0. The summed E-state index contributed by atoms with van der Waals surface area (Å²) in [4.78, 5) is 49.6. The molecule has 0 saturated carbocycles. The Morgan fingerprint density at radius 3 is 2.26 bits per heavy atom. The van der Waals surface area contributed by atoms with Gasteiger partial charge in [0.15, 0.2) is 0 Å². The van der Waals surface area contributed by atoms with Gasteiger partial charge in [-0.2, -0.15) is 0 Å². The lowest BCUT2D eigenvalue weighted by molar-refractivity contribution is -0.385. The number of carbonyl (C=O) groups is 2. The lowest BCUT2D eigenvalue weighted by Crippen LogP contribution is -2.45. The number of esters is 1. The standard InChI is InChI=1S/C20H20N4O7/c1-3-31-20(26)13(2)21-10-11-22(14-4-6-15(7-5-14)23(27)28)18-9-8-16(24(29)30)12-17(18)19(21)25/h4-9,12-13H,3,10-11H2,1-2H3. The van der Waals surface area contributed by atoms with E-state index in [9.17, 15) is 29.8 Å². The average Bonchev–Trinajstić information content (AvgIpc) is 2.89. The Kier molecular flexibility index (Phi) is 6.14. The fourth-order valence-electron chi connectivity index (χ4n) is 3.41. The molecule has 31 heavy (non-hydrogen) atoms. The van der Waals surface area contributed by atoms with Crippen LogP contribution in [0.2, 0.25) is 0 Å². The highest BCUT2D eigenvalue weighted by molar-refractivity contribution is 6.03. The van der Waals surface area contributed by atoms with Crippen molar-refractivity contribution in [3.05, 3.63) is 68.3 Å². The van der Waals surface area contributed by atoms with Crippen molar-refractivity contribution in [2.24, 2.45) is 0 Å². The molecule has 2 aromatic carbocycles. The highest BCUT2D eigenvalue weighted by Crippen LogP contribution is 2.35. The molecule has 162 valence electrons. The highest BCUT2D eigenvalue weighted by atomic mass is 16.6. The van der Waals surface area contributed by atoms with Crippen LogP contribution in [-0.4, -0.2) is 52.4 Å². The van der Waals surface area contributed by atoms with Crippen molar-refractivity contribution in [3.63, 3.8) is 0 Å². The lowest BCUT2D eigenvalue weighted by Gasteiger charge is -2.27. The molecule has 2 aromatic rings. The minimum absolute atomic E-state index is 0.0567. The predicted molar refractivity (Wildman–Crippen MR) is 110 cm³/mol. The number of ether oxygens (including phenoxy) is 1. The number of amides is 1. The van der Waals surface area contributed by atoms with Crippen LogP contribution in [0.5, 0.6) is 0 Å². The van der Waals surface area contributed by atoms with E-state index < -0.39 is 27.8 Å². The fraction of sp³-hybridized carbons (Fsp3) is 0.300. The monoisotopic (exact) mass is 428 g/mol. The summed E-state index contributed by atoms with van der Waals surface area (Å²) in [5, 5.41) is 22.2. The van der Waals surface area contributed by atoms with Crippen molar-refractivity contribution in [2.45, 2.75) is 19.9 Å². The van der Waals surface area contributed by atoms with Gasteiger partial charge in [-0.05, 0) is 32.0 Å². The molecular weight excluding hydrogens is 408 g/mol. The normalized spacial score (nSPS) is 14.5. The van der Waals surface area contributed by atoms with Crippen LogP contribution in [0, 0.1) is 20.2 Å². The third kappa shape index (κ3) is 4.29. The van der Waals surface area contributed by atoms with E-state index in [4.69, 9.17) is 4.74 Å². The zero-order valence-electron chi connectivity index (χ0n) is 16.9. The summed E-state index contributed by atoms with van der Waals surface area (Å²) in [6.45, 7) is 3.75. The van der Waals surface area contributed by atoms with Gasteiger partial charge in [-0.1, -0.05) is 0 Å². The molecular formula is C20H20N4O7. The Balaban J connectivity index is 2.07. The highest BCUT2D eigenvalue weighted by Gasteiger charge is 2.34. The first kappa shape index (κ1) is 21.7. The average molecular weight is 428 g/mol. The van der Waals surface area contributed by atoms with E-state index in [-0.39, 0.29) is 36.6 Å². The van der Waals surface area contributed by atoms with Gasteiger partial charge in [0.1, 0.15) is 6.04 Å². The fourth-order valence-corrected chi connectivity index (χ4v) is 3.41. The largest absolute Gasteiger partial charge is 0.464 e. The lowest BCUT2D eigenvalue weighted by atomic mass is 10.1. The molecule has 1 heterocycles. The minimum atomic E-state index is -0.892. The molecule has 1 aliphatic heterocycles. The number of non-ortho nitro benzene ring substituents is 2. The maximum atomic E-state index is 13.3. The first-order chi connectivity index (χ1) is 14.7. The smallest absolute Gasteiger partial charge is 0.328 e. The molecule has 0 aromatic heterocycles. The molecule has 11 nitrogen and oxygen atoms in total. The van der Waals surface area contributed by atoms with Crippen LogP contribution < -0.4 is 4.90 Å². The van der Waals surface area contributed by atoms with Crippen LogP contribution in [0.4, 0.5) is 22.7 Å². The molecule has 0 radical (unpaired) electrons. The van der Waals surface area contributed by atoms with Crippen molar-refractivity contribution < 1.29 is 24.2 Å². The Hall–Kier alpha value is -4.02. The minimum Gasteiger partial charge on any atom is -0.464 e. The second-order valence-electron chi connectivity index (χ2n) is 6.81. The Labute approximate surface area is 177 Å². The van der Waals surface area contributed by atoms with E-state index >= 15 is 0 Å². The topological polar surface area (TPSA) is 136 Å². The van der Waals surface area contributed by atoms with Gasteiger partial charge in [0.2, 0.25) is 0 Å². The van der Waals surface area contributed by atoms with Crippen molar-refractivity contribution in [1.82, 2.24) is 4.90 Å². The Morgan fingerprint density at radius 2 is 1.68 bits per heavy atom. The van der Waals surface area contributed by atoms with Gasteiger partial charge in [0.05, 0.1) is 27.7 Å². The molecule has 1 atom stereocenters. The van der Waals surface area contributed by atoms with E-state index in [0.29, 0.717) is 11.4 Å². The summed E-state index contributed by atoms with van der Waals surface area (Å²) < 4.78 is 5.02. The summed E-state index contributed by atoms with van der Waals surface area (Å²) in [6, 6.07) is 8.79. The molecule has 0 saturated heterocycles. The van der Waals surface area contributed by atoms with Crippen molar-refractivity contribution >= 4 is 34.6 Å². The maximum Gasteiger partial charge on any atom is 0.328 e. The third-order valence-electron chi connectivity index (χ3n) is 5.00. The van der Waals surface area contributed by atoms with Gasteiger partial charge >= 0.3 is 5.97 Å². The number of benzene rings is 2. The number of hydrogen-bond donors (Lipinski definition) is 0. The second kappa shape index (κ2) is 8.78. The molecule has 1 amide bonds. The SMILES string of the molecule is CCOC(=O)C(C)N1CCN(c2ccc([N+](=O)[O-])cc2)c2ccc([N+](=O)[O-])cc2C1=O. The molecule has 0 bridgehead atoms. The number of anilines is 2. The number of hydrogen-bond acceptors (Lipinski definition) is 8. The van der Waals surface area contributed by atoms with Crippen molar-refractivity contribution in [2.75, 3.05) is 24.6 Å². The first-order valence-corrected chi connectivity index (χ1v) is 9.52. The van der Waals surface area contributed by atoms with Crippen molar-refractivity contribution in [1.29, 1.82) is 0 Å². The zero-order chi connectivity index (χ0) is 22.7. The molecule has 1 unspecified atom stereocenters. The number of nitro benzene ring substituents is 2. The number of fused-ring (bicyclic) bond motifs is 1. The third-order valence-corrected chi connectivity index (χ3v) is 5.00. The number of rotatable bonds is 6. The van der Waals surface area contributed by atoms with E-state index in [1.54, 1.807) is 11.8 Å². The van der Waals surface area contributed by atoms with E-state index in [1.807, 2.05) is 0 Å². The number of nitrogens with zero attached hydrogens (tertiary/aromatic N) is 4. The van der Waals surface area contributed by atoms with Gasteiger partial charge in [-0.25, -0.2) is 4.79 Å². The molecule has 0 spiro atoms. The molecule has 3 rings (SSSR count). The van der Waals surface area contributed by atoms with Gasteiger partial charge in [-0.3, -0.25) is 25.0 Å². The summed E-state index contributed by atoms with van der Waals surface area (Å²) in [5.74, 6) is -1.12. The van der Waals surface area contributed by atoms with E-state index in [0.717, 1.165) is 0 Å². The van der Waals surface area contributed by atoms with Crippen LogP contribution in [0.1, 0.15) is 24.2 Å². The summed E-state index contributed by atoms with van der Waals surface area (Å²) in [7, 11) is 0. The Bertz CT molecular complexity index is 1040. The van der Waals surface area contributed by atoms with Gasteiger partial charge in [0.25, 0.3) is 17.3 Å². The Morgan fingerprint density at radius 1 is 1.06 bits per heavy atom. The van der Waals surface area contributed by atoms with Gasteiger partial charge in [-0.15, -0.1) is 0 Å². The molecule has 0 N–H and O–H groups in total. The van der Waals surface area contributed by atoms with Crippen LogP contribution in [0.3, 0.4) is 0 Å². The predicted octanol–water partition coefficient (Wildman–Crippen LogP) is 3.05. The van der Waals surface area contributed by atoms with Gasteiger partial charge < -0.3 is 14.5 Å².